The highest BCUT2D eigenvalue weighted by atomic mass is 19.3. The Morgan fingerprint density at radius 1 is 1.10 bits per heavy atom. The van der Waals surface area contributed by atoms with E-state index in [9.17, 15) is 14.0 Å². The predicted molar refractivity (Wildman–Crippen MR) is 113 cm³/mol. The molecule has 1 fully saturated rings. The Labute approximate surface area is 180 Å². The van der Waals surface area contributed by atoms with E-state index in [4.69, 9.17) is 15.6 Å². The number of guanidine groups is 1. The van der Waals surface area contributed by atoms with E-state index >= 15 is 0 Å². The minimum Gasteiger partial charge on any atom is -0.368 e. The summed E-state index contributed by atoms with van der Waals surface area (Å²) in [6, 6.07) is 15.6. The number of alkyl halides is 2. The summed E-state index contributed by atoms with van der Waals surface area (Å²) in [6.45, 7) is 0. The van der Waals surface area contributed by atoms with E-state index in [1.54, 1.807) is 13.1 Å². The fraction of sp³-hybridized carbons (Fsp3) is 0.417. The molecule has 2 N–H and O–H groups in total. The van der Waals surface area contributed by atoms with Gasteiger partial charge in [-0.3, -0.25) is 0 Å². The van der Waals surface area contributed by atoms with Crippen LogP contribution >= 0.6 is 0 Å². The van der Waals surface area contributed by atoms with Gasteiger partial charge >= 0.3 is 0 Å². The van der Waals surface area contributed by atoms with Crippen LogP contribution in [0.5, 0.6) is 0 Å². The van der Waals surface area contributed by atoms with Crippen LogP contribution in [0, 0.1) is 16.7 Å². The van der Waals surface area contributed by atoms with Crippen molar-refractivity contribution in [2.45, 2.75) is 50.2 Å². The molecule has 0 amide bonds. The monoisotopic (exact) mass is 422 g/mol. The second-order valence-corrected chi connectivity index (χ2v) is 8.93. The van der Waals surface area contributed by atoms with Gasteiger partial charge in [0.1, 0.15) is 0 Å². The van der Waals surface area contributed by atoms with Gasteiger partial charge in [0.15, 0.2) is 0 Å². The van der Waals surface area contributed by atoms with Crippen LogP contribution in [0.3, 0.4) is 0 Å². The number of hydrogen-bond acceptors (Lipinski definition) is 5. The van der Waals surface area contributed by atoms with Crippen LogP contribution < -0.4 is 5.73 Å². The zero-order valence-corrected chi connectivity index (χ0v) is 17.4. The average molecular weight is 422 g/mol. The molecule has 160 valence electrons. The summed E-state index contributed by atoms with van der Waals surface area (Å²) in [6.07, 6.45) is 1.67. The van der Waals surface area contributed by atoms with Gasteiger partial charge in [-0.25, -0.2) is 23.7 Å². The lowest BCUT2D eigenvalue weighted by molar-refractivity contribution is -0.225. The highest BCUT2D eigenvalue weighted by molar-refractivity contribution is 5.79. The maximum atomic E-state index is 14.3. The van der Waals surface area contributed by atoms with Crippen molar-refractivity contribution >= 4 is 5.96 Å². The standard InChI is InChI=1S/C24H24F2N4O/c1-30-21(28)29-24(31-30)20-13-18(17-5-2-4-16(12-17)15-27)6-7-19(20)14-22(24)8-3-9-23(25,26)11-10-22/h2,4-7,12-13H,3,8-11,14H2,1H3,(H2,28,29). The van der Waals surface area contributed by atoms with Crippen LogP contribution in [0.15, 0.2) is 47.5 Å². The van der Waals surface area contributed by atoms with Gasteiger partial charge < -0.3 is 5.73 Å². The first-order chi connectivity index (χ1) is 14.8. The highest BCUT2D eigenvalue weighted by Gasteiger charge is 2.63. The van der Waals surface area contributed by atoms with Gasteiger partial charge in [-0.1, -0.05) is 24.3 Å². The summed E-state index contributed by atoms with van der Waals surface area (Å²) in [7, 11) is 1.70. The van der Waals surface area contributed by atoms with Gasteiger partial charge in [0, 0.05) is 30.9 Å². The van der Waals surface area contributed by atoms with Crippen molar-refractivity contribution in [1.82, 2.24) is 5.06 Å². The molecular formula is C24H24F2N4O. The van der Waals surface area contributed by atoms with Crippen molar-refractivity contribution in [2.24, 2.45) is 16.1 Å². The molecule has 5 rings (SSSR count). The molecule has 2 atom stereocenters. The van der Waals surface area contributed by atoms with Crippen molar-refractivity contribution in [1.29, 1.82) is 5.26 Å². The smallest absolute Gasteiger partial charge is 0.248 e. The topological polar surface area (TPSA) is 74.6 Å². The first-order valence-corrected chi connectivity index (χ1v) is 10.6. The summed E-state index contributed by atoms with van der Waals surface area (Å²) in [4.78, 5) is 11.1. The zero-order valence-electron chi connectivity index (χ0n) is 17.4. The Bertz CT molecular complexity index is 1120. The first kappa shape index (κ1) is 20.0. The summed E-state index contributed by atoms with van der Waals surface area (Å²) in [5.74, 6) is -2.41. The van der Waals surface area contributed by atoms with Crippen LogP contribution in [-0.2, 0) is 17.0 Å². The molecule has 2 aliphatic carbocycles. The average Bonchev–Trinajstić information content (AvgIpc) is 3.13. The molecule has 1 aliphatic heterocycles. The van der Waals surface area contributed by atoms with Crippen molar-refractivity contribution in [3.63, 3.8) is 0 Å². The third-order valence-electron chi connectivity index (χ3n) is 7.08. The lowest BCUT2D eigenvalue weighted by Gasteiger charge is -2.40. The van der Waals surface area contributed by atoms with E-state index in [0.717, 1.165) is 22.3 Å². The van der Waals surface area contributed by atoms with Gasteiger partial charge in [0.2, 0.25) is 17.6 Å². The van der Waals surface area contributed by atoms with E-state index in [-0.39, 0.29) is 18.8 Å². The van der Waals surface area contributed by atoms with Crippen molar-refractivity contribution in [2.75, 3.05) is 7.05 Å². The van der Waals surface area contributed by atoms with Crippen molar-refractivity contribution < 1.29 is 13.6 Å². The Hall–Kier alpha value is -2.98. The third kappa shape index (κ3) is 3.01. The van der Waals surface area contributed by atoms with Crippen LogP contribution in [-0.4, -0.2) is 24.0 Å². The number of nitriles is 1. The number of fused-ring (bicyclic) bond motifs is 3. The summed E-state index contributed by atoms with van der Waals surface area (Å²) >= 11 is 0. The molecule has 1 saturated carbocycles. The summed E-state index contributed by atoms with van der Waals surface area (Å²) in [5, 5.41) is 10.7. The summed E-state index contributed by atoms with van der Waals surface area (Å²) < 4.78 is 28.6. The molecule has 2 aromatic carbocycles. The first-order valence-electron chi connectivity index (χ1n) is 10.6. The van der Waals surface area contributed by atoms with Crippen molar-refractivity contribution in [3.8, 4) is 17.2 Å². The molecule has 0 saturated heterocycles. The Kier molecular flexibility index (Phi) is 4.35. The molecule has 3 aliphatic rings. The molecule has 1 heterocycles. The SMILES string of the molecule is CN1OC2(N=C1N)c1cc(-c3cccc(C#N)c3)ccc1CC21CCCC(F)(F)CC1. The molecular weight excluding hydrogens is 398 g/mol. The van der Waals surface area contributed by atoms with Crippen LogP contribution in [0.1, 0.15) is 48.8 Å². The molecule has 2 unspecified atom stereocenters. The van der Waals surface area contributed by atoms with Gasteiger partial charge in [0.25, 0.3) is 0 Å². The molecule has 2 spiro atoms. The number of aliphatic imine (C=N–C) groups is 1. The quantitative estimate of drug-likeness (QED) is 0.722. The zero-order chi connectivity index (χ0) is 21.9. The normalized spacial score (nSPS) is 29.0. The molecule has 2 aromatic rings. The van der Waals surface area contributed by atoms with Gasteiger partial charge in [0.05, 0.1) is 11.6 Å². The Morgan fingerprint density at radius 3 is 2.65 bits per heavy atom. The number of halogens is 2. The number of hydroxylamine groups is 2. The van der Waals surface area contributed by atoms with Gasteiger partial charge in [-0.15, -0.1) is 0 Å². The van der Waals surface area contributed by atoms with Gasteiger partial charge in [-0.2, -0.15) is 5.26 Å². The number of benzene rings is 2. The molecule has 31 heavy (non-hydrogen) atoms. The number of hydrogen-bond donors (Lipinski definition) is 1. The van der Waals surface area contributed by atoms with E-state index in [0.29, 0.717) is 31.2 Å². The van der Waals surface area contributed by atoms with E-state index in [1.165, 1.54) is 5.06 Å². The van der Waals surface area contributed by atoms with Gasteiger partial charge in [-0.05, 0) is 60.6 Å². The summed E-state index contributed by atoms with van der Waals surface area (Å²) in [5.41, 5.74) is 8.80. The van der Waals surface area contributed by atoms with Crippen molar-refractivity contribution in [3.05, 3.63) is 59.2 Å². The second-order valence-electron chi connectivity index (χ2n) is 8.93. The maximum Gasteiger partial charge on any atom is 0.248 e. The number of rotatable bonds is 1. The third-order valence-corrected chi connectivity index (χ3v) is 7.08. The molecule has 7 heteroatoms. The fourth-order valence-corrected chi connectivity index (χ4v) is 5.46. The van der Waals surface area contributed by atoms with Crippen LogP contribution in [0.25, 0.3) is 11.1 Å². The minimum atomic E-state index is -2.66. The largest absolute Gasteiger partial charge is 0.368 e. The molecule has 5 nitrogen and oxygen atoms in total. The molecule has 0 bridgehead atoms. The van der Waals surface area contributed by atoms with E-state index in [2.05, 4.69) is 6.07 Å². The van der Waals surface area contributed by atoms with E-state index in [1.807, 2.05) is 36.4 Å². The van der Waals surface area contributed by atoms with Crippen LogP contribution in [0.2, 0.25) is 0 Å². The number of nitrogens with zero attached hydrogens (tertiary/aromatic N) is 3. The van der Waals surface area contributed by atoms with E-state index < -0.39 is 17.1 Å². The number of nitrogens with two attached hydrogens (primary N) is 1. The Balaban J connectivity index is 1.65. The minimum absolute atomic E-state index is 0.109. The maximum absolute atomic E-state index is 14.3. The predicted octanol–water partition coefficient (Wildman–Crippen LogP) is 4.71. The fourth-order valence-electron chi connectivity index (χ4n) is 5.46. The second kappa shape index (κ2) is 6.76. The highest BCUT2D eigenvalue weighted by Crippen LogP contribution is 2.62. The lowest BCUT2D eigenvalue weighted by atomic mass is 9.72. The molecule has 0 aromatic heterocycles. The lowest BCUT2D eigenvalue weighted by Crippen LogP contribution is -2.43. The Morgan fingerprint density at radius 2 is 1.90 bits per heavy atom. The van der Waals surface area contributed by atoms with Crippen LogP contribution in [0.4, 0.5) is 8.78 Å². The molecule has 0 radical (unpaired) electrons.